The Morgan fingerprint density at radius 3 is 2.61 bits per heavy atom. The van der Waals surface area contributed by atoms with Crippen molar-refractivity contribution < 1.29 is 26.8 Å². The van der Waals surface area contributed by atoms with Crippen LogP contribution in [0, 0.1) is 5.82 Å². The highest BCUT2D eigenvalue weighted by molar-refractivity contribution is 8.00. The molecule has 0 bridgehead atoms. The second-order valence-electron chi connectivity index (χ2n) is 7.17. The Morgan fingerprint density at radius 2 is 1.88 bits per heavy atom. The first-order valence-corrected chi connectivity index (χ1v) is 12.4. The topological polar surface area (TPSA) is 115 Å². The van der Waals surface area contributed by atoms with Crippen LogP contribution in [0.1, 0.15) is 6.92 Å². The average Bonchev–Trinajstić information content (AvgIpc) is 3.29. The van der Waals surface area contributed by atoms with Gasteiger partial charge < -0.3 is 14.5 Å². The minimum Gasteiger partial charge on any atom is -0.411 e. The summed E-state index contributed by atoms with van der Waals surface area (Å²) in [6.07, 6.45) is 0. The van der Waals surface area contributed by atoms with Crippen molar-refractivity contribution in [1.29, 1.82) is 0 Å². The molecule has 4 rings (SSSR count). The smallest absolute Gasteiger partial charge is 0.277 e. The number of carbonyl (C=O) groups is 1. The number of nitrogens with one attached hydrogen (secondary N) is 1. The highest BCUT2D eigenvalue weighted by atomic mass is 32.2. The summed E-state index contributed by atoms with van der Waals surface area (Å²) in [5, 5.41) is 10.2. The van der Waals surface area contributed by atoms with E-state index in [0.717, 1.165) is 11.8 Å². The largest absolute Gasteiger partial charge is 0.411 e. The molecule has 2 aromatic carbocycles. The predicted octanol–water partition coefficient (Wildman–Crippen LogP) is 3.02. The molecule has 1 fully saturated rings. The number of ether oxygens (including phenoxy) is 1. The van der Waals surface area contributed by atoms with E-state index in [-0.39, 0.29) is 21.9 Å². The molecule has 0 aliphatic carbocycles. The fourth-order valence-electron chi connectivity index (χ4n) is 3.08. The van der Waals surface area contributed by atoms with Gasteiger partial charge in [0.15, 0.2) is 0 Å². The lowest BCUT2D eigenvalue weighted by Crippen LogP contribution is -2.40. The van der Waals surface area contributed by atoms with Gasteiger partial charge in [-0.2, -0.15) is 4.31 Å². The lowest BCUT2D eigenvalue weighted by molar-refractivity contribution is -0.115. The van der Waals surface area contributed by atoms with Gasteiger partial charge in [0.25, 0.3) is 5.22 Å². The fraction of sp³-hybridized carbons (Fsp3) is 0.286. The number of sulfonamides is 1. The predicted molar refractivity (Wildman–Crippen MR) is 120 cm³/mol. The number of halogens is 1. The van der Waals surface area contributed by atoms with Gasteiger partial charge in [-0.3, -0.25) is 4.79 Å². The van der Waals surface area contributed by atoms with Gasteiger partial charge in [0.1, 0.15) is 5.82 Å². The molecule has 2 heterocycles. The number of benzene rings is 2. The van der Waals surface area contributed by atoms with E-state index < -0.39 is 21.1 Å². The van der Waals surface area contributed by atoms with Gasteiger partial charge in [0.05, 0.1) is 23.4 Å². The van der Waals surface area contributed by atoms with Gasteiger partial charge in [-0.1, -0.05) is 17.8 Å². The normalized spacial score (nSPS) is 15.8. The van der Waals surface area contributed by atoms with Gasteiger partial charge in [0, 0.05) is 24.3 Å². The summed E-state index contributed by atoms with van der Waals surface area (Å²) in [5.41, 5.74) is 0.922. The SMILES string of the molecule is C[C@@H](Sc1nnc(-c2cccc(S(=O)(=O)N3CCOCC3)c2)o1)C(=O)Nc1ccc(F)cc1. The summed E-state index contributed by atoms with van der Waals surface area (Å²) < 4.78 is 51.1. The summed E-state index contributed by atoms with van der Waals surface area (Å²) in [4.78, 5) is 12.5. The number of aromatic nitrogens is 2. The van der Waals surface area contributed by atoms with Crippen LogP contribution in [-0.2, 0) is 19.6 Å². The van der Waals surface area contributed by atoms with E-state index in [1.54, 1.807) is 19.1 Å². The van der Waals surface area contributed by atoms with E-state index in [2.05, 4.69) is 15.5 Å². The summed E-state index contributed by atoms with van der Waals surface area (Å²) >= 11 is 1.06. The van der Waals surface area contributed by atoms with E-state index in [1.165, 1.54) is 40.7 Å². The van der Waals surface area contributed by atoms with Crippen molar-refractivity contribution in [3.8, 4) is 11.5 Å². The summed E-state index contributed by atoms with van der Waals surface area (Å²) in [6.45, 7) is 2.98. The number of anilines is 1. The van der Waals surface area contributed by atoms with Crippen molar-refractivity contribution in [3.63, 3.8) is 0 Å². The lowest BCUT2D eigenvalue weighted by atomic mass is 10.2. The Bertz CT molecular complexity index is 1230. The molecule has 0 unspecified atom stereocenters. The second kappa shape index (κ2) is 10.00. The third kappa shape index (κ3) is 5.58. The maximum atomic E-state index is 13.0. The van der Waals surface area contributed by atoms with Crippen LogP contribution < -0.4 is 5.32 Å². The van der Waals surface area contributed by atoms with Crippen LogP contribution in [0.2, 0.25) is 0 Å². The molecule has 0 saturated carbocycles. The van der Waals surface area contributed by atoms with Gasteiger partial charge in [-0.25, -0.2) is 12.8 Å². The van der Waals surface area contributed by atoms with E-state index in [0.29, 0.717) is 37.6 Å². The van der Waals surface area contributed by atoms with Crippen LogP contribution in [0.25, 0.3) is 11.5 Å². The maximum Gasteiger partial charge on any atom is 0.277 e. The molecule has 1 amide bonds. The molecular formula is C21H21FN4O5S2. The molecule has 1 atom stereocenters. The number of carbonyl (C=O) groups excluding carboxylic acids is 1. The summed E-state index contributed by atoms with van der Waals surface area (Å²) in [6, 6.07) is 11.7. The number of rotatable bonds is 7. The molecule has 1 aromatic heterocycles. The number of thioether (sulfide) groups is 1. The van der Waals surface area contributed by atoms with E-state index in [1.807, 2.05) is 0 Å². The molecule has 1 aliphatic rings. The van der Waals surface area contributed by atoms with E-state index >= 15 is 0 Å². The highest BCUT2D eigenvalue weighted by Crippen LogP contribution is 2.28. The first-order valence-electron chi connectivity index (χ1n) is 10.1. The lowest BCUT2D eigenvalue weighted by Gasteiger charge is -2.26. The zero-order valence-corrected chi connectivity index (χ0v) is 19.2. The Kier molecular flexibility index (Phi) is 7.08. The van der Waals surface area contributed by atoms with Crippen molar-refractivity contribution in [2.45, 2.75) is 22.3 Å². The number of nitrogens with zero attached hydrogens (tertiary/aromatic N) is 3. The average molecular weight is 493 g/mol. The standard InChI is InChI=1S/C21H21FN4O5S2/c1-14(19(27)23-17-7-5-16(22)6-8-17)32-21-25-24-20(31-21)15-3-2-4-18(13-15)33(28,29)26-9-11-30-12-10-26/h2-8,13-14H,9-12H2,1H3,(H,23,27)/t14-/m1/s1. The van der Waals surface area contributed by atoms with Crippen molar-refractivity contribution in [2.75, 3.05) is 31.6 Å². The minimum absolute atomic E-state index is 0.126. The van der Waals surface area contributed by atoms with Crippen molar-refractivity contribution in [2.24, 2.45) is 0 Å². The Morgan fingerprint density at radius 1 is 1.15 bits per heavy atom. The molecule has 9 nitrogen and oxygen atoms in total. The molecule has 0 radical (unpaired) electrons. The molecule has 1 N–H and O–H groups in total. The summed E-state index contributed by atoms with van der Waals surface area (Å²) in [5.74, 6) is -0.566. The number of morpholine rings is 1. The van der Waals surface area contributed by atoms with E-state index in [4.69, 9.17) is 9.15 Å². The molecule has 174 valence electrons. The zero-order chi connectivity index (χ0) is 23.4. The van der Waals surface area contributed by atoms with Crippen LogP contribution in [0.15, 0.2) is 63.1 Å². The molecular weight excluding hydrogens is 471 g/mol. The van der Waals surface area contributed by atoms with Crippen LogP contribution in [-0.4, -0.2) is 60.4 Å². The number of hydrogen-bond donors (Lipinski definition) is 1. The zero-order valence-electron chi connectivity index (χ0n) is 17.6. The quantitative estimate of drug-likeness (QED) is 0.501. The van der Waals surface area contributed by atoms with Crippen molar-refractivity contribution >= 4 is 33.4 Å². The highest BCUT2D eigenvalue weighted by Gasteiger charge is 2.27. The Balaban J connectivity index is 1.44. The molecule has 33 heavy (non-hydrogen) atoms. The van der Waals surface area contributed by atoms with Crippen LogP contribution in [0.4, 0.5) is 10.1 Å². The first kappa shape index (κ1) is 23.4. The molecule has 1 saturated heterocycles. The number of amides is 1. The maximum absolute atomic E-state index is 13.0. The van der Waals surface area contributed by atoms with Crippen LogP contribution >= 0.6 is 11.8 Å². The van der Waals surface area contributed by atoms with Gasteiger partial charge in [-0.05, 0) is 49.4 Å². The van der Waals surface area contributed by atoms with Crippen LogP contribution in [0.5, 0.6) is 0 Å². The molecule has 0 spiro atoms. The Hall–Kier alpha value is -2.80. The van der Waals surface area contributed by atoms with Crippen LogP contribution in [0.3, 0.4) is 0 Å². The Labute approximate surface area is 194 Å². The second-order valence-corrected chi connectivity index (χ2v) is 10.4. The molecule has 12 heteroatoms. The third-order valence-corrected chi connectivity index (χ3v) is 7.68. The van der Waals surface area contributed by atoms with Crippen molar-refractivity contribution in [1.82, 2.24) is 14.5 Å². The molecule has 3 aromatic rings. The molecule has 1 aliphatic heterocycles. The van der Waals surface area contributed by atoms with Gasteiger partial charge >= 0.3 is 0 Å². The fourth-order valence-corrected chi connectivity index (χ4v) is 5.22. The summed E-state index contributed by atoms with van der Waals surface area (Å²) in [7, 11) is -3.67. The van der Waals surface area contributed by atoms with E-state index in [9.17, 15) is 17.6 Å². The third-order valence-electron chi connectivity index (χ3n) is 4.85. The monoisotopic (exact) mass is 492 g/mol. The van der Waals surface area contributed by atoms with Gasteiger partial charge in [0.2, 0.25) is 21.8 Å². The number of hydrogen-bond acceptors (Lipinski definition) is 8. The minimum atomic E-state index is -3.67. The van der Waals surface area contributed by atoms with Crippen molar-refractivity contribution in [3.05, 3.63) is 54.3 Å². The first-order chi connectivity index (χ1) is 15.8. The van der Waals surface area contributed by atoms with Gasteiger partial charge in [-0.15, -0.1) is 10.2 Å².